The van der Waals surface area contributed by atoms with Crippen molar-refractivity contribution in [2.45, 2.75) is 19.3 Å². The molecule has 6 aromatic carbocycles. The maximum atomic E-state index is 4.58. The maximum absolute atomic E-state index is 4.58. The third-order valence-electron chi connectivity index (χ3n) is 9.82. The summed E-state index contributed by atoms with van der Waals surface area (Å²) in [6.45, 7) is 4.61. The highest BCUT2D eigenvalue weighted by atomic mass is 15.2. The van der Waals surface area contributed by atoms with E-state index in [-0.39, 0.29) is 5.41 Å². The van der Waals surface area contributed by atoms with Crippen LogP contribution in [0.4, 0.5) is 34.1 Å². The summed E-state index contributed by atoms with van der Waals surface area (Å²) in [5.41, 5.74) is 12.7. The number of para-hydroxylation sites is 4. The van der Waals surface area contributed by atoms with Gasteiger partial charge in [-0.1, -0.05) is 92.7 Å². The van der Waals surface area contributed by atoms with Crippen molar-refractivity contribution in [3.8, 4) is 5.69 Å². The number of rotatable bonds is 5. The molecule has 0 spiro atoms. The predicted octanol–water partition coefficient (Wildman–Crippen LogP) is 11.8. The third kappa shape index (κ3) is 4.34. The lowest BCUT2D eigenvalue weighted by molar-refractivity contribution is 0.630. The van der Waals surface area contributed by atoms with Crippen LogP contribution in [0.25, 0.3) is 27.5 Å². The van der Waals surface area contributed by atoms with Crippen molar-refractivity contribution in [3.05, 3.63) is 181 Å². The average Bonchev–Trinajstić information content (AvgIpc) is 3.47. The highest BCUT2D eigenvalue weighted by Gasteiger charge is 2.36. The van der Waals surface area contributed by atoms with Crippen LogP contribution in [0.3, 0.4) is 0 Å². The quantitative estimate of drug-likeness (QED) is 0.192. The lowest BCUT2D eigenvalue weighted by atomic mass is 9.74. The molecule has 4 nitrogen and oxygen atoms in total. The van der Waals surface area contributed by atoms with Gasteiger partial charge in [-0.25, -0.2) is 0 Å². The molecule has 0 aliphatic carbocycles. The molecule has 0 saturated carbocycles. The van der Waals surface area contributed by atoms with E-state index in [4.69, 9.17) is 0 Å². The van der Waals surface area contributed by atoms with Crippen molar-refractivity contribution in [1.29, 1.82) is 0 Å². The Kier molecular flexibility index (Phi) is 6.44. The summed E-state index contributed by atoms with van der Waals surface area (Å²) in [5, 5.41) is 2.44. The first-order valence-electron chi connectivity index (χ1n) is 16.5. The number of pyridine rings is 1. The molecule has 0 atom stereocenters. The molecule has 0 amide bonds. The van der Waals surface area contributed by atoms with Gasteiger partial charge in [0.2, 0.25) is 0 Å². The van der Waals surface area contributed by atoms with Crippen molar-refractivity contribution < 1.29 is 0 Å². The van der Waals surface area contributed by atoms with Gasteiger partial charge < -0.3 is 14.4 Å². The molecule has 0 fully saturated rings. The highest BCUT2D eigenvalue weighted by Crippen LogP contribution is 2.51. The van der Waals surface area contributed by atoms with Gasteiger partial charge in [-0.15, -0.1) is 0 Å². The molecule has 0 radical (unpaired) electrons. The minimum absolute atomic E-state index is 0.138. The first-order chi connectivity index (χ1) is 23.6. The Labute approximate surface area is 280 Å². The van der Waals surface area contributed by atoms with E-state index in [0.717, 1.165) is 34.1 Å². The van der Waals surface area contributed by atoms with Crippen molar-refractivity contribution in [3.63, 3.8) is 0 Å². The minimum atomic E-state index is -0.138. The van der Waals surface area contributed by atoms with Crippen LogP contribution in [-0.4, -0.2) is 9.55 Å². The summed E-state index contributed by atoms with van der Waals surface area (Å²) in [4.78, 5) is 9.28. The number of nitrogens with zero attached hydrogens (tertiary/aromatic N) is 4. The van der Waals surface area contributed by atoms with E-state index in [1.165, 1.54) is 38.6 Å². The Morgan fingerprint density at radius 2 is 1.15 bits per heavy atom. The predicted molar refractivity (Wildman–Crippen MR) is 200 cm³/mol. The van der Waals surface area contributed by atoms with Crippen LogP contribution in [0.1, 0.15) is 25.0 Å². The number of aromatic nitrogens is 2. The van der Waals surface area contributed by atoms with Crippen LogP contribution >= 0.6 is 0 Å². The van der Waals surface area contributed by atoms with Crippen molar-refractivity contribution in [1.82, 2.24) is 9.55 Å². The van der Waals surface area contributed by atoms with E-state index >= 15 is 0 Å². The van der Waals surface area contributed by atoms with Gasteiger partial charge in [-0.2, -0.15) is 0 Å². The van der Waals surface area contributed by atoms with E-state index in [1.807, 2.05) is 12.4 Å². The minimum Gasteiger partial charge on any atom is -0.310 e. The molecule has 1 aliphatic heterocycles. The molecule has 3 heterocycles. The second kappa shape index (κ2) is 11.0. The van der Waals surface area contributed by atoms with Crippen LogP contribution in [0, 0.1) is 0 Å². The van der Waals surface area contributed by atoms with Gasteiger partial charge in [0, 0.05) is 50.8 Å². The fraction of sp³-hybridized carbons (Fsp3) is 0.0682. The summed E-state index contributed by atoms with van der Waals surface area (Å²) >= 11 is 0. The zero-order valence-corrected chi connectivity index (χ0v) is 27.0. The Bertz CT molecular complexity index is 2350. The summed E-state index contributed by atoms with van der Waals surface area (Å²) in [7, 11) is 0. The summed E-state index contributed by atoms with van der Waals surface area (Å²) < 4.78 is 2.40. The molecular formula is C44H34N4. The lowest BCUT2D eigenvalue weighted by Crippen LogP contribution is -2.30. The van der Waals surface area contributed by atoms with Crippen LogP contribution in [0.15, 0.2) is 170 Å². The SMILES string of the molecule is CC1(C)c2ccccc2N(c2cccc(-n3c4ccccc4c4cc(N(c5ccccc5)c5ccccc5)ccc43)c2)c2cnccc21. The number of benzene rings is 6. The molecule has 4 heteroatoms. The first-order valence-corrected chi connectivity index (χ1v) is 16.5. The largest absolute Gasteiger partial charge is 0.310 e. The van der Waals surface area contributed by atoms with E-state index in [0.29, 0.717) is 0 Å². The fourth-order valence-corrected chi connectivity index (χ4v) is 7.59. The van der Waals surface area contributed by atoms with Crippen LogP contribution < -0.4 is 9.80 Å². The van der Waals surface area contributed by atoms with Gasteiger partial charge in [-0.05, 0) is 90.0 Å². The molecule has 48 heavy (non-hydrogen) atoms. The van der Waals surface area contributed by atoms with Gasteiger partial charge in [0.1, 0.15) is 0 Å². The Balaban J connectivity index is 1.23. The Hall–Kier alpha value is -6.13. The zero-order chi connectivity index (χ0) is 32.2. The first kappa shape index (κ1) is 28.1. The molecule has 0 saturated heterocycles. The van der Waals surface area contributed by atoms with E-state index in [2.05, 4.69) is 191 Å². The molecular weight excluding hydrogens is 585 g/mol. The van der Waals surface area contributed by atoms with Crippen LogP contribution in [0.2, 0.25) is 0 Å². The molecule has 8 aromatic rings. The van der Waals surface area contributed by atoms with Gasteiger partial charge in [-0.3, -0.25) is 4.98 Å². The standard InChI is InChI=1S/C44H34N4/c1-44(2)38-21-10-12-23-42(38)48(43-30-45-27-26-39(43)44)34-19-13-18-33(28-34)47-40-22-11-9-20-36(40)37-29-35(24-25-41(37)47)46(31-14-5-3-6-15-31)32-16-7-4-8-17-32/h3-30H,1-2H3. The molecule has 0 bridgehead atoms. The molecule has 2 aromatic heterocycles. The second-order valence-corrected chi connectivity index (χ2v) is 13.0. The van der Waals surface area contributed by atoms with Gasteiger partial charge in [0.05, 0.1) is 28.6 Å². The monoisotopic (exact) mass is 618 g/mol. The number of hydrogen-bond donors (Lipinski definition) is 0. The number of anilines is 6. The maximum Gasteiger partial charge on any atom is 0.0685 e. The van der Waals surface area contributed by atoms with E-state index in [9.17, 15) is 0 Å². The Morgan fingerprint density at radius 1 is 0.500 bits per heavy atom. The number of hydrogen-bond acceptors (Lipinski definition) is 3. The molecule has 0 N–H and O–H groups in total. The van der Waals surface area contributed by atoms with Crippen molar-refractivity contribution in [2.24, 2.45) is 0 Å². The topological polar surface area (TPSA) is 24.3 Å². The number of fused-ring (bicyclic) bond motifs is 5. The molecule has 230 valence electrons. The van der Waals surface area contributed by atoms with Crippen molar-refractivity contribution in [2.75, 3.05) is 9.80 Å². The summed E-state index contributed by atoms with van der Waals surface area (Å²) in [6, 6.07) is 56.6. The molecule has 0 unspecified atom stereocenters. The summed E-state index contributed by atoms with van der Waals surface area (Å²) in [5.74, 6) is 0. The summed E-state index contributed by atoms with van der Waals surface area (Å²) in [6.07, 6.45) is 3.92. The van der Waals surface area contributed by atoms with Gasteiger partial charge in [0.25, 0.3) is 0 Å². The fourth-order valence-electron chi connectivity index (χ4n) is 7.59. The molecule has 1 aliphatic rings. The average molecular weight is 619 g/mol. The van der Waals surface area contributed by atoms with E-state index in [1.54, 1.807) is 0 Å². The highest BCUT2D eigenvalue weighted by molar-refractivity contribution is 6.10. The van der Waals surface area contributed by atoms with Crippen LogP contribution in [0.5, 0.6) is 0 Å². The van der Waals surface area contributed by atoms with Crippen molar-refractivity contribution >= 4 is 55.9 Å². The lowest BCUT2D eigenvalue weighted by Gasteiger charge is -2.41. The normalized spacial score (nSPS) is 13.3. The zero-order valence-electron chi connectivity index (χ0n) is 27.0. The second-order valence-electron chi connectivity index (χ2n) is 13.0. The smallest absolute Gasteiger partial charge is 0.0685 e. The van der Waals surface area contributed by atoms with Gasteiger partial charge in [0.15, 0.2) is 0 Å². The molecule has 9 rings (SSSR count). The van der Waals surface area contributed by atoms with E-state index < -0.39 is 0 Å². The van der Waals surface area contributed by atoms with Crippen LogP contribution in [-0.2, 0) is 5.41 Å². The Morgan fingerprint density at radius 3 is 1.94 bits per heavy atom. The van der Waals surface area contributed by atoms with Gasteiger partial charge >= 0.3 is 0 Å². The third-order valence-corrected chi connectivity index (χ3v) is 9.82.